The number of carbonyl (C=O) groups excluding carboxylic acids is 2. The Labute approximate surface area is 207 Å². The third-order valence-corrected chi connectivity index (χ3v) is 6.67. The molecule has 1 amide bonds. The van der Waals surface area contributed by atoms with Gasteiger partial charge in [0.25, 0.3) is 0 Å². The predicted octanol–water partition coefficient (Wildman–Crippen LogP) is 4.68. The van der Waals surface area contributed by atoms with Crippen LogP contribution in [0.5, 0.6) is 5.75 Å². The number of benzene rings is 2. The number of thioether (sulfide) groups is 1. The smallest absolute Gasteiger partial charge is 0.338 e. The number of para-hydroxylation sites is 1. The van der Waals surface area contributed by atoms with E-state index in [0.717, 1.165) is 5.56 Å². The van der Waals surface area contributed by atoms with Crippen molar-refractivity contribution in [2.24, 2.45) is 4.99 Å². The van der Waals surface area contributed by atoms with E-state index in [1.807, 2.05) is 41.5 Å². The van der Waals surface area contributed by atoms with Gasteiger partial charge in [-0.15, -0.1) is 0 Å². The minimum atomic E-state index is -0.571. The summed E-state index contributed by atoms with van der Waals surface area (Å²) >= 11 is 1.40. The number of fused-ring (bicyclic) bond motifs is 1. The van der Waals surface area contributed by atoms with Crippen LogP contribution in [0.3, 0.4) is 0 Å². The minimum Gasteiger partial charge on any atom is -0.496 e. The maximum Gasteiger partial charge on any atom is 0.338 e. The van der Waals surface area contributed by atoms with Crippen LogP contribution in [0.4, 0.5) is 4.39 Å². The Morgan fingerprint density at radius 3 is 2.69 bits per heavy atom. The van der Waals surface area contributed by atoms with Crippen LogP contribution in [0.1, 0.15) is 36.9 Å². The number of aliphatic imine (C=N–C) groups is 1. The molecule has 2 aromatic carbocycles. The summed E-state index contributed by atoms with van der Waals surface area (Å²) in [5.41, 5.74) is 3.18. The van der Waals surface area contributed by atoms with Gasteiger partial charge in [-0.25, -0.2) is 14.2 Å². The molecular formula is C26H26FN3O4S. The molecule has 1 atom stereocenters. The second-order valence-corrected chi connectivity index (χ2v) is 8.76. The monoisotopic (exact) mass is 495 g/mol. The number of allylic oxidation sites excluding steroid dienone is 1. The van der Waals surface area contributed by atoms with E-state index >= 15 is 0 Å². The zero-order valence-electron chi connectivity index (χ0n) is 19.7. The van der Waals surface area contributed by atoms with Gasteiger partial charge >= 0.3 is 5.97 Å². The number of nitrogens with one attached hydrogen (secondary N) is 1. The van der Waals surface area contributed by atoms with Crippen molar-refractivity contribution in [1.82, 2.24) is 10.2 Å². The molecule has 35 heavy (non-hydrogen) atoms. The van der Waals surface area contributed by atoms with Crippen molar-refractivity contribution in [3.63, 3.8) is 0 Å². The Hall–Kier alpha value is -3.59. The number of hydrogen-bond donors (Lipinski definition) is 1. The number of ether oxygens (including phenoxy) is 2. The van der Waals surface area contributed by atoms with Crippen LogP contribution in [-0.2, 0) is 20.9 Å². The van der Waals surface area contributed by atoms with E-state index in [1.165, 1.54) is 31.0 Å². The molecule has 0 radical (unpaired) electrons. The van der Waals surface area contributed by atoms with Gasteiger partial charge in [0, 0.05) is 17.8 Å². The lowest BCUT2D eigenvalue weighted by Crippen LogP contribution is -2.38. The molecule has 0 saturated carbocycles. The summed E-state index contributed by atoms with van der Waals surface area (Å²) in [7, 11) is 2.92. The van der Waals surface area contributed by atoms with Crippen molar-refractivity contribution in [3.8, 4) is 5.75 Å². The van der Waals surface area contributed by atoms with Gasteiger partial charge in [0.2, 0.25) is 5.91 Å². The number of nitrogens with zero attached hydrogens (tertiary/aromatic N) is 2. The zero-order valence-corrected chi connectivity index (χ0v) is 20.5. The fourth-order valence-electron chi connectivity index (χ4n) is 4.17. The molecule has 0 bridgehead atoms. The van der Waals surface area contributed by atoms with Crippen LogP contribution in [-0.4, -0.2) is 36.2 Å². The molecule has 0 fully saturated rings. The molecule has 2 aliphatic rings. The van der Waals surface area contributed by atoms with Crippen LogP contribution < -0.4 is 10.1 Å². The summed E-state index contributed by atoms with van der Waals surface area (Å²) in [6, 6.07) is 13.0. The molecular weight excluding hydrogens is 469 g/mol. The number of amides is 1. The van der Waals surface area contributed by atoms with Crippen molar-refractivity contribution in [2.75, 3.05) is 14.2 Å². The third kappa shape index (κ3) is 5.09. The largest absolute Gasteiger partial charge is 0.496 e. The molecule has 2 aromatic rings. The maximum absolute atomic E-state index is 13.5. The van der Waals surface area contributed by atoms with Crippen molar-refractivity contribution in [1.29, 1.82) is 0 Å². The highest BCUT2D eigenvalue weighted by Crippen LogP contribution is 2.47. The first-order valence-electron chi connectivity index (χ1n) is 11.2. The summed E-state index contributed by atoms with van der Waals surface area (Å²) in [5.74, 6) is -0.449. The minimum absolute atomic E-state index is 0.0584. The summed E-state index contributed by atoms with van der Waals surface area (Å²) in [5, 5.41) is 5.39. The lowest BCUT2D eigenvalue weighted by Gasteiger charge is -2.37. The van der Waals surface area contributed by atoms with Gasteiger partial charge in [-0.2, -0.15) is 0 Å². The number of carbonyl (C=O) groups is 2. The molecule has 182 valence electrons. The van der Waals surface area contributed by atoms with Crippen LogP contribution in [0.2, 0.25) is 0 Å². The molecule has 9 heteroatoms. The molecule has 4 rings (SSSR count). The average Bonchev–Trinajstić information content (AvgIpc) is 3.27. The van der Waals surface area contributed by atoms with Crippen LogP contribution in [0.15, 0.2) is 75.9 Å². The highest BCUT2D eigenvalue weighted by Gasteiger charge is 2.42. The fraction of sp³-hybridized carbons (Fsp3) is 0.269. The van der Waals surface area contributed by atoms with E-state index in [0.29, 0.717) is 39.9 Å². The number of rotatable bonds is 8. The molecule has 0 aliphatic carbocycles. The van der Waals surface area contributed by atoms with E-state index in [4.69, 9.17) is 14.5 Å². The Bertz CT molecular complexity index is 1240. The topological polar surface area (TPSA) is 80.2 Å². The molecule has 0 saturated heterocycles. The van der Waals surface area contributed by atoms with Crippen LogP contribution in [0, 0.1) is 5.82 Å². The Balaban J connectivity index is 1.65. The average molecular weight is 496 g/mol. The van der Waals surface area contributed by atoms with Crippen molar-refractivity contribution in [3.05, 3.63) is 87.9 Å². The SMILES string of the molecule is CCC1=C(C(=O)OC)[C@H](c2ccccc2OC)N2C(CC(=O)NCc3cccc(F)c3)=CSC2=N1. The van der Waals surface area contributed by atoms with Crippen molar-refractivity contribution in [2.45, 2.75) is 32.4 Å². The van der Waals surface area contributed by atoms with Gasteiger partial charge in [-0.3, -0.25) is 4.79 Å². The van der Waals surface area contributed by atoms with Gasteiger partial charge in [0.15, 0.2) is 5.17 Å². The second-order valence-electron chi connectivity index (χ2n) is 7.92. The van der Waals surface area contributed by atoms with E-state index in [1.54, 1.807) is 19.2 Å². The predicted molar refractivity (Wildman–Crippen MR) is 133 cm³/mol. The highest BCUT2D eigenvalue weighted by atomic mass is 32.2. The quantitative estimate of drug-likeness (QED) is 0.536. The van der Waals surface area contributed by atoms with Gasteiger partial charge in [-0.1, -0.05) is 49.0 Å². The Morgan fingerprint density at radius 1 is 1.17 bits per heavy atom. The van der Waals surface area contributed by atoms with Gasteiger partial charge in [-0.05, 0) is 35.6 Å². The number of halogens is 1. The number of esters is 1. The first kappa shape index (κ1) is 24.5. The summed E-state index contributed by atoms with van der Waals surface area (Å²) in [6.45, 7) is 2.15. The normalized spacial score (nSPS) is 16.9. The van der Waals surface area contributed by atoms with Crippen molar-refractivity contribution >= 4 is 28.8 Å². The zero-order chi connectivity index (χ0) is 24.9. The molecule has 2 heterocycles. The van der Waals surface area contributed by atoms with E-state index in [9.17, 15) is 14.0 Å². The Kier molecular flexibility index (Phi) is 7.55. The van der Waals surface area contributed by atoms with Crippen molar-refractivity contribution < 1.29 is 23.5 Å². The standard InChI is InChI=1S/C26H26FN3O4S/c1-4-20-23(25(32)34-3)24(19-10-5-6-11-21(19)33-2)30-18(15-35-26(30)29-20)13-22(31)28-14-16-8-7-9-17(27)12-16/h5-12,15,24H,4,13-14H2,1-3H3,(H,28,31)/t24-/m0/s1. The molecule has 0 aromatic heterocycles. The fourth-order valence-corrected chi connectivity index (χ4v) is 5.11. The lowest BCUT2D eigenvalue weighted by molar-refractivity contribution is -0.136. The summed E-state index contributed by atoms with van der Waals surface area (Å²) < 4.78 is 24.2. The number of amidine groups is 1. The summed E-state index contributed by atoms with van der Waals surface area (Å²) in [4.78, 5) is 32.4. The first-order chi connectivity index (χ1) is 17.0. The second kappa shape index (κ2) is 10.8. The summed E-state index contributed by atoms with van der Waals surface area (Å²) in [6.07, 6.45) is 0.598. The first-order valence-corrected chi connectivity index (χ1v) is 12.0. The Morgan fingerprint density at radius 2 is 1.97 bits per heavy atom. The van der Waals surface area contributed by atoms with Gasteiger partial charge < -0.3 is 19.7 Å². The van der Waals surface area contributed by atoms with Gasteiger partial charge in [0.05, 0.1) is 38.0 Å². The van der Waals surface area contributed by atoms with E-state index in [2.05, 4.69) is 5.32 Å². The van der Waals surface area contributed by atoms with Crippen LogP contribution in [0.25, 0.3) is 0 Å². The lowest BCUT2D eigenvalue weighted by atomic mass is 9.92. The maximum atomic E-state index is 13.5. The van der Waals surface area contributed by atoms with Crippen LogP contribution >= 0.6 is 11.8 Å². The van der Waals surface area contributed by atoms with E-state index < -0.39 is 12.0 Å². The third-order valence-electron chi connectivity index (χ3n) is 5.78. The molecule has 0 spiro atoms. The molecule has 7 nitrogen and oxygen atoms in total. The number of hydrogen-bond acceptors (Lipinski definition) is 7. The number of methoxy groups -OCH3 is 2. The molecule has 1 N–H and O–H groups in total. The molecule has 2 aliphatic heterocycles. The highest BCUT2D eigenvalue weighted by molar-refractivity contribution is 8.16. The van der Waals surface area contributed by atoms with E-state index in [-0.39, 0.29) is 24.7 Å². The molecule has 0 unspecified atom stereocenters. The van der Waals surface area contributed by atoms with Gasteiger partial charge in [0.1, 0.15) is 11.6 Å².